The minimum atomic E-state index is 1.04. The third-order valence-corrected chi connectivity index (χ3v) is 3.26. The van der Waals surface area contributed by atoms with E-state index >= 15 is 0 Å². The highest BCUT2D eigenvalue weighted by Gasteiger charge is 2.04. The first kappa shape index (κ1) is 11.7. The van der Waals surface area contributed by atoms with Crippen LogP contribution in [0.15, 0.2) is 22.7 Å². The van der Waals surface area contributed by atoms with Crippen LogP contribution >= 0.6 is 15.9 Å². The molecule has 78 valence electrons. The van der Waals surface area contributed by atoms with Crippen LogP contribution in [0.3, 0.4) is 0 Å². The Bertz CT molecular complexity index is 292. The molecule has 14 heavy (non-hydrogen) atoms. The van der Waals surface area contributed by atoms with Crippen molar-refractivity contribution in [1.82, 2.24) is 4.90 Å². The van der Waals surface area contributed by atoms with Gasteiger partial charge in [0.2, 0.25) is 0 Å². The lowest BCUT2D eigenvalue weighted by atomic mass is 10.1. The summed E-state index contributed by atoms with van der Waals surface area (Å²) in [4.78, 5) is 2.42. The second-order valence-corrected chi connectivity index (χ2v) is 4.41. The van der Waals surface area contributed by atoms with Gasteiger partial charge in [0.25, 0.3) is 0 Å². The third kappa shape index (κ3) is 3.10. The molecule has 0 aliphatic heterocycles. The van der Waals surface area contributed by atoms with Gasteiger partial charge in [-0.25, -0.2) is 0 Å². The van der Waals surface area contributed by atoms with Crippen LogP contribution in [0, 0.1) is 6.92 Å². The molecule has 0 amide bonds. The quantitative estimate of drug-likeness (QED) is 0.795. The van der Waals surface area contributed by atoms with E-state index in [1.807, 2.05) is 0 Å². The Morgan fingerprint density at radius 3 is 2.43 bits per heavy atom. The van der Waals surface area contributed by atoms with Crippen molar-refractivity contribution in [2.75, 3.05) is 13.1 Å². The molecule has 0 fully saturated rings. The van der Waals surface area contributed by atoms with Crippen LogP contribution in [0.4, 0.5) is 0 Å². The van der Waals surface area contributed by atoms with Crippen molar-refractivity contribution in [3.8, 4) is 0 Å². The third-order valence-electron chi connectivity index (χ3n) is 2.49. The van der Waals surface area contributed by atoms with E-state index in [0.717, 1.165) is 19.6 Å². The van der Waals surface area contributed by atoms with Crippen LogP contribution in [0.1, 0.15) is 25.0 Å². The van der Waals surface area contributed by atoms with Gasteiger partial charge < -0.3 is 0 Å². The van der Waals surface area contributed by atoms with Crippen molar-refractivity contribution in [3.63, 3.8) is 0 Å². The maximum Gasteiger partial charge on any atom is 0.0244 e. The van der Waals surface area contributed by atoms with Gasteiger partial charge in [0.1, 0.15) is 0 Å². The number of aryl methyl sites for hydroxylation is 1. The Labute approximate surface area is 95.2 Å². The monoisotopic (exact) mass is 255 g/mol. The number of rotatable bonds is 4. The van der Waals surface area contributed by atoms with Crippen molar-refractivity contribution in [2.45, 2.75) is 27.3 Å². The van der Waals surface area contributed by atoms with Gasteiger partial charge in [-0.1, -0.05) is 47.5 Å². The van der Waals surface area contributed by atoms with Crippen LogP contribution in [-0.4, -0.2) is 18.0 Å². The SMILES string of the molecule is CCN(CC)Cc1cc(C)ccc1Br. The largest absolute Gasteiger partial charge is 0.300 e. The van der Waals surface area contributed by atoms with Crippen molar-refractivity contribution >= 4 is 15.9 Å². The van der Waals surface area contributed by atoms with E-state index in [4.69, 9.17) is 0 Å². The Balaban J connectivity index is 2.79. The molecule has 0 aliphatic rings. The van der Waals surface area contributed by atoms with E-state index in [1.54, 1.807) is 0 Å². The predicted octanol–water partition coefficient (Wildman–Crippen LogP) is 3.60. The second-order valence-electron chi connectivity index (χ2n) is 3.56. The second kappa shape index (κ2) is 5.52. The molecule has 0 radical (unpaired) electrons. The molecule has 0 aromatic heterocycles. The zero-order chi connectivity index (χ0) is 10.6. The lowest BCUT2D eigenvalue weighted by molar-refractivity contribution is 0.295. The van der Waals surface area contributed by atoms with Crippen molar-refractivity contribution < 1.29 is 0 Å². The first-order chi connectivity index (χ1) is 6.67. The molecule has 0 bridgehead atoms. The lowest BCUT2D eigenvalue weighted by Crippen LogP contribution is -2.22. The van der Waals surface area contributed by atoms with Gasteiger partial charge in [0, 0.05) is 11.0 Å². The molecule has 0 heterocycles. The summed E-state index contributed by atoms with van der Waals surface area (Å²) in [6.07, 6.45) is 0. The molecular formula is C12H18BrN. The molecule has 0 saturated heterocycles. The summed E-state index contributed by atoms with van der Waals surface area (Å²) in [5, 5.41) is 0. The maximum absolute atomic E-state index is 3.59. The van der Waals surface area contributed by atoms with E-state index in [1.165, 1.54) is 15.6 Å². The summed E-state index contributed by atoms with van der Waals surface area (Å²) >= 11 is 3.59. The van der Waals surface area contributed by atoms with Crippen molar-refractivity contribution in [2.24, 2.45) is 0 Å². The topological polar surface area (TPSA) is 3.24 Å². The molecule has 1 nitrogen and oxygen atoms in total. The molecule has 0 saturated carbocycles. The minimum absolute atomic E-state index is 1.04. The minimum Gasteiger partial charge on any atom is -0.300 e. The molecule has 1 aromatic rings. The van der Waals surface area contributed by atoms with Gasteiger partial charge in [-0.3, -0.25) is 4.90 Å². The average Bonchev–Trinajstić information content (AvgIpc) is 2.19. The fraction of sp³-hybridized carbons (Fsp3) is 0.500. The predicted molar refractivity (Wildman–Crippen MR) is 65.5 cm³/mol. The Hall–Kier alpha value is -0.340. The molecule has 0 unspecified atom stereocenters. The van der Waals surface area contributed by atoms with Crippen LogP contribution in [0.25, 0.3) is 0 Å². The number of halogens is 1. The number of benzene rings is 1. The van der Waals surface area contributed by atoms with Gasteiger partial charge in [-0.2, -0.15) is 0 Å². The summed E-state index contributed by atoms with van der Waals surface area (Å²) in [6, 6.07) is 6.52. The van der Waals surface area contributed by atoms with Gasteiger partial charge >= 0.3 is 0 Å². The Kier molecular flexibility index (Phi) is 4.63. The smallest absolute Gasteiger partial charge is 0.0244 e. The van der Waals surface area contributed by atoms with Crippen molar-refractivity contribution in [1.29, 1.82) is 0 Å². The summed E-state index contributed by atoms with van der Waals surface area (Å²) in [5.41, 5.74) is 2.71. The summed E-state index contributed by atoms with van der Waals surface area (Å²) in [6.45, 7) is 9.79. The number of hydrogen-bond donors (Lipinski definition) is 0. The number of nitrogens with zero attached hydrogens (tertiary/aromatic N) is 1. The van der Waals surface area contributed by atoms with E-state index in [0.29, 0.717) is 0 Å². The van der Waals surface area contributed by atoms with Crippen LogP contribution in [-0.2, 0) is 6.54 Å². The van der Waals surface area contributed by atoms with E-state index < -0.39 is 0 Å². The van der Waals surface area contributed by atoms with Crippen molar-refractivity contribution in [3.05, 3.63) is 33.8 Å². The van der Waals surface area contributed by atoms with E-state index in [-0.39, 0.29) is 0 Å². The first-order valence-electron chi connectivity index (χ1n) is 5.14. The first-order valence-corrected chi connectivity index (χ1v) is 5.94. The van der Waals surface area contributed by atoms with E-state index in [9.17, 15) is 0 Å². The van der Waals surface area contributed by atoms with Crippen LogP contribution in [0.2, 0.25) is 0 Å². The Morgan fingerprint density at radius 1 is 1.21 bits per heavy atom. The fourth-order valence-electron chi connectivity index (χ4n) is 1.51. The van der Waals surface area contributed by atoms with Gasteiger partial charge in [0.05, 0.1) is 0 Å². The Morgan fingerprint density at radius 2 is 1.86 bits per heavy atom. The normalized spacial score (nSPS) is 10.9. The molecule has 0 spiro atoms. The molecule has 2 heteroatoms. The standard InChI is InChI=1S/C12H18BrN/c1-4-14(5-2)9-11-8-10(3)6-7-12(11)13/h6-8H,4-5,9H2,1-3H3. The number of hydrogen-bond acceptors (Lipinski definition) is 1. The highest BCUT2D eigenvalue weighted by molar-refractivity contribution is 9.10. The highest BCUT2D eigenvalue weighted by atomic mass is 79.9. The highest BCUT2D eigenvalue weighted by Crippen LogP contribution is 2.19. The zero-order valence-electron chi connectivity index (χ0n) is 9.18. The average molecular weight is 256 g/mol. The van der Waals surface area contributed by atoms with Crippen LogP contribution < -0.4 is 0 Å². The van der Waals surface area contributed by atoms with Crippen LogP contribution in [0.5, 0.6) is 0 Å². The summed E-state index contributed by atoms with van der Waals surface area (Å²) < 4.78 is 1.22. The fourth-order valence-corrected chi connectivity index (χ4v) is 1.88. The van der Waals surface area contributed by atoms with Gasteiger partial charge in [-0.05, 0) is 31.6 Å². The molecule has 1 aromatic carbocycles. The summed E-state index contributed by atoms with van der Waals surface area (Å²) in [5.74, 6) is 0. The maximum atomic E-state index is 3.59. The molecule has 0 aliphatic carbocycles. The molecule has 0 N–H and O–H groups in total. The lowest BCUT2D eigenvalue weighted by Gasteiger charge is -2.19. The van der Waals surface area contributed by atoms with Gasteiger partial charge in [-0.15, -0.1) is 0 Å². The molecule has 1 rings (SSSR count). The molecule has 0 atom stereocenters. The van der Waals surface area contributed by atoms with Gasteiger partial charge in [0.15, 0.2) is 0 Å². The van der Waals surface area contributed by atoms with E-state index in [2.05, 4.69) is 59.8 Å². The zero-order valence-corrected chi connectivity index (χ0v) is 10.8. The molecular weight excluding hydrogens is 238 g/mol. The summed E-state index contributed by atoms with van der Waals surface area (Å²) in [7, 11) is 0.